The average molecular weight is 437 g/mol. The molecule has 2 saturated heterocycles. The number of hydrogen-bond acceptors (Lipinski definition) is 6. The molecule has 168 valence electrons. The van der Waals surface area contributed by atoms with Crippen LogP contribution in [0.25, 0.3) is 16.9 Å². The van der Waals surface area contributed by atoms with E-state index in [0.29, 0.717) is 25.8 Å². The Bertz CT molecular complexity index is 1080. The van der Waals surface area contributed by atoms with Gasteiger partial charge in [-0.15, -0.1) is 0 Å². The molecule has 2 fully saturated rings. The van der Waals surface area contributed by atoms with Gasteiger partial charge >= 0.3 is 0 Å². The molecule has 0 saturated carbocycles. The second kappa shape index (κ2) is 8.60. The van der Waals surface area contributed by atoms with Crippen LogP contribution in [0, 0.1) is 13.8 Å². The van der Waals surface area contributed by atoms with Crippen LogP contribution in [0.3, 0.4) is 0 Å². The SMILES string of the molecule is Cc1cn(-c2ccc(N3CCC(N(C)C4COC4)C(F)C3)nc2)nc1-c1cccnc1C. The molecule has 0 aliphatic carbocycles. The quantitative estimate of drug-likeness (QED) is 0.612. The van der Waals surface area contributed by atoms with E-state index in [2.05, 4.69) is 14.9 Å². The van der Waals surface area contributed by atoms with E-state index in [1.54, 1.807) is 12.4 Å². The highest BCUT2D eigenvalue weighted by molar-refractivity contribution is 5.65. The minimum atomic E-state index is -0.908. The van der Waals surface area contributed by atoms with Crippen molar-refractivity contribution in [2.24, 2.45) is 0 Å². The third-order valence-electron chi connectivity index (χ3n) is 6.71. The number of aryl methyl sites for hydroxylation is 2. The zero-order valence-corrected chi connectivity index (χ0v) is 18.8. The molecule has 2 atom stereocenters. The van der Waals surface area contributed by atoms with Crippen molar-refractivity contribution in [3.8, 4) is 16.9 Å². The molecule has 2 aliphatic rings. The number of likely N-dealkylation sites (N-methyl/N-ethyl adjacent to an activating group) is 1. The van der Waals surface area contributed by atoms with E-state index in [0.717, 1.165) is 47.0 Å². The Balaban J connectivity index is 1.29. The van der Waals surface area contributed by atoms with Crippen molar-refractivity contribution in [3.05, 3.63) is 54.1 Å². The van der Waals surface area contributed by atoms with Crippen molar-refractivity contribution in [1.29, 1.82) is 0 Å². The van der Waals surface area contributed by atoms with Gasteiger partial charge in [0.1, 0.15) is 12.0 Å². The van der Waals surface area contributed by atoms with E-state index >= 15 is 0 Å². The molecule has 3 aromatic heterocycles. The van der Waals surface area contributed by atoms with E-state index in [4.69, 9.17) is 9.84 Å². The maximum Gasteiger partial charge on any atom is 0.133 e. The fourth-order valence-corrected chi connectivity index (χ4v) is 4.58. The molecule has 7 nitrogen and oxygen atoms in total. The lowest BCUT2D eigenvalue weighted by Gasteiger charge is -2.44. The Morgan fingerprint density at radius 2 is 2.00 bits per heavy atom. The van der Waals surface area contributed by atoms with Gasteiger partial charge in [0.25, 0.3) is 0 Å². The summed E-state index contributed by atoms with van der Waals surface area (Å²) < 4.78 is 22.1. The third-order valence-corrected chi connectivity index (χ3v) is 6.71. The van der Waals surface area contributed by atoms with E-state index < -0.39 is 6.17 Å². The maximum atomic E-state index is 15.0. The first kappa shape index (κ1) is 21.0. The van der Waals surface area contributed by atoms with Crippen LogP contribution in [0.4, 0.5) is 10.2 Å². The molecule has 32 heavy (non-hydrogen) atoms. The predicted octanol–water partition coefficient (Wildman–Crippen LogP) is 3.19. The molecule has 0 radical (unpaired) electrons. The number of ether oxygens (including phenoxy) is 1. The van der Waals surface area contributed by atoms with E-state index in [1.807, 2.05) is 60.9 Å². The van der Waals surface area contributed by atoms with Gasteiger partial charge in [0, 0.05) is 36.2 Å². The fourth-order valence-electron chi connectivity index (χ4n) is 4.58. The van der Waals surface area contributed by atoms with Crippen LogP contribution in [-0.2, 0) is 4.74 Å². The van der Waals surface area contributed by atoms with Crippen molar-refractivity contribution in [1.82, 2.24) is 24.6 Å². The number of alkyl halides is 1. The summed E-state index contributed by atoms with van der Waals surface area (Å²) in [5.74, 6) is 0.802. The maximum absolute atomic E-state index is 15.0. The molecule has 2 unspecified atom stereocenters. The first-order valence-electron chi connectivity index (χ1n) is 11.1. The number of halogens is 1. The highest BCUT2D eigenvalue weighted by Crippen LogP contribution is 2.27. The monoisotopic (exact) mass is 436 g/mol. The van der Waals surface area contributed by atoms with Crippen LogP contribution in [0.2, 0.25) is 0 Å². The van der Waals surface area contributed by atoms with Gasteiger partial charge in [0.15, 0.2) is 0 Å². The first-order chi connectivity index (χ1) is 15.5. The molecule has 0 N–H and O–H groups in total. The van der Waals surface area contributed by atoms with Gasteiger partial charge in [-0.25, -0.2) is 14.1 Å². The fraction of sp³-hybridized carbons (Fsp3) is 0.458. The second-order valence-electron chi connectivity index (χ2n) is 8.79. The molecular formula is C24H29FN6O. The standard InChI is InChI=1S/C24H29FN6O/c1-16-12-31(28-24(16)20-5-4-9-26-17(20)2)18-6-7-23(27-11-18)30-10-8-22(21(25)13-30)29(3)19-14-32-15-19/h4-7,9,11-12,19,21-22H,8,10,13-15H2,1-3H3. The molecule has 5 rings (SSSR count). The summed E-state index contributed by atoms with van der Waals surface area (Å²) in [5, 5.41) is 4.77. The van der Waals surface area contributed by atoms with Crippen LogP contribution >= 0.6 is 0 Å². The lowest BCUT2D eigenvalue weighted by Crippen LogP contribution is -2.58. The van der Waals surface area contributed by atoms with Crippen molar-refractivity contribution < 1.29 is 9.13 Å². The summed E-state index contributed by atoms with van der Waals surface area (Å²) in [6.45, 7) is 6.61. The zero-order valence-electron chi connectivity index (χ0n) is 18.8. The Kier molecular flexibility index (Phi) is 5.65. The normalized spacial score (nSPS) is 21.7. The van der Waals surface area contributed by atoms with E-state index in [-0.39, 0.29) is 6.04 Å². The van der Waals surface area contributed by atoms with Gasteiger partial charge < -0.3 is 9.64 Å². The van der Waals surface area contributed by atoms with Gasteiger partial charge in [0.05, 0.1) is 43.4 Å². The largest absolute Gasteiger partial charge is 0.378 e. The van der Waals surface area contributed by atoms with Crippen LogP contribution in [0.1, 0.15) is 17.7 Å². The summed E-state index contributed by atoms with van der Waals surface area (Å²) in [5.41, 5.74) is 4.86. The van der Waals surface area contributed by atoms with Gasteiger partial charge in [-0.2, -0.15) is 5.10 Å². The first-order valence-corrected chi connectivity index (χ1v) is 11.1. The van der Waals surface area contributed by atoms with Crippen LogP contribution in [0.5, 0.6) is 0 Å². The summed E-state index contributed by atoms with van der Waals surface area (Å²) in [6.07, 6.45) is 5.47. The summed E-state index contributed by atoms with van der Waals surface area (Å²) in [7, 11) is 2.01. The molecule has 0 spiro atoms. The van der Waals surface area contributed by atoms with Gasteiger partial charge in [-0.3, -0.25) is 9.88 Å². The zero-order chi connectivity index (χ0) is 22.2. The predicted molar refractivity (Wildman–Crippen MR) is 122 cm³/mol. The highest BCUT2D eigenvalue weighted by atomic mass is 19.1. The number of hydrogen-bond donors (Lipinski definition) is 0. The van der Waals surface area contributed by atoms with Gasteiger partial charge in [-0.05, 0) is 57.1 Å². The van der Waals surface area contributed by atoms with Crippen LogP contribution in [-0.4, -0.2) is 76.3 Å². The highest BCUT2D eigenvalue weighted by Gasteiger charge is 2.37. The van der Waals surface area contributed by atoms with Gasteiger partial charge in [0.2, 0.25) is 0 Å². The molecule has 2 aliphatic heterocycles. The van der Waals surface area contributed by atoms with Crippen molar-refractivity contribution >= 4 is 5.82 Å². The Labute approximate surface area is 187 Å². The summed E-state index contributed by atoms with van der Waals surface area (Å²) >= 11 is 0. The lowest BCUT2D eigenvalue weighted by molar-refractivity contribution is -0.0813. The van der Waals surface area contributed by atoms with E-state index in [9.17, 15) is 4.39 Å². The number of aromatic nitrogens is 4. The van der Waals surface area contributed by atoms with Crippen LogP contribution in [0.15, 0.2) is 42.9 Å². The number of anilines is 1. The summed E-state index contributed by atoms with van der Waals surface area (Å²) in [4.78, 5) is 13.2. The summed E-state index contributed by atoms with van der Waals surface area (Å²) in [6, 6.07) is 8.20. The number of piperidine rings is 1. The minimum Gasteiger partial charge on any atom is -0.378 e. The lowest BCUT2D eigenvalue weighted by atomic mass is 9.99. The van der Waals surface area contributed by atoms with Crippen molar-refractivity contribution in [2.75, 3.05) is 38.3 Å². The Morgan fingerprint density at radius 1 is 1.16 bits per heavy atom. The van der Waals surface area contributed by atoms with Crippen LogP contribution < -0.4 is 4.90 Å². The molecule has 0 amide bonds. The number of pyridine rings is 2. The van der Waals surface area contributed by atoms with Crippen molar-refractivity contribution in [2.45, 2.75) is 38.5 Å². The molecule has 5 heterocycles. The Hall–Kier alpha value is -2.84. The molecule has 8 heteroatoms. The number of rotatable bonds is 5. The van der Waals surface area contributed by atoms with Gasteiger partial charge in [-0.1, -0.05) is 0 Å². The average Bonchev–Trinajstić information content (AvgIpc) is 3.14. The number of nitrogens with zero attached hydrogens (tertiary/aromatic N) is 6. The molecular weight excluding hydrogens is 407 g/mol. The van der Waals surface area contributed by atoms with Crippen molar-refractivity contribution in [3.63, 3.8) is 0 Å². The topological polar surface area (TPSA) is 59.3 Å². The molecule has 3 aromatic rings. The third kappa shape index (κ3) is 3.89. The Morgan fingerprint density at radius 3 is 2.66 bits per heavy atom. The molecule has 0 bridgehead atoms. The second-order valence-corrected chi connectivity index (χ2v) is 8.79. The van der Waals surface area contributed by atoms with E-state index in [1.165, 1.54) is 0 Å². The minimum absolute atomic E-state index is 0.0548. The molecule has 0 aromatic carbocycles. The smallest absolute Gasteiger partial charge is 0.133 e.